The molecule has 0 amide bonds. The summed E-state index contributed by atoms with van der Waals surface area (Å²) in [4.78, 5) is 10.9. The van der Waals surface area contributed by atoms with E-state index in [1.165, 1.54) is 20.0 Å². The van der Waals surface area contributed by atoms with E-state index in [9.17, 15) is 15.0 Å². The SMILES string of the molecule is CCCCC=CCCC(O)C=CC=CC=CC(O)CCCC(=O)OC. The Bertz CT molecular complexity index is 435. The van der Waals surface area contributed by atoms with Crippen molar-refractivity contribution >= 4 is 5.97 Å². The predicted octanol–water partition coefficient (Wildman–Crippen LogP) is 4.25. The summed E-state index contributed by atoms with van der Waals surface area (Å²) >= 11 is 0. The van der Waals surface area contributed by atoms with E-state index in [4.69, 9.17) is 0 Å². The van der Waals surface area contributed by atoms with Crippen LogP contribution >= 0.6 is 0 Å². The first-order chi connectivity index (χ1) is 12.1. The standard InChI is InChI=1S/C21H34O4/c1-3-4-5-6-7-10-14-19(22)15-11-8-9-12-16-20(23)17-13-18-21(24)25-2/h6-9,11-12,15-16,19-20,22-23H,3-5,10,13-14,17-18H2,1-2H3. The molecule has 0 aromatic heterocycles. The molecular weight excluding hydrogens is 316 g/mol. The quantitative estimate of drug-likeness (QED) is 0.213. The summed E-state index contributed by atoms with van der Waals surface area (Å²) < 4.78 is 4.54. The number of aliphatic hydroxyl groups excluding tert-OH is 2. The Hall–Kier alpha value is -1.65. The van der Waals surface area contributed by atoms with E-state index in [0.29, 0.717) is 19.3 Å². The highest BCUT2D eigenvalue weighted by atomic mass is 16.5. The van der Waals surface area contributed by atoms with Gasteiger partial charge in [0.2, 0.25) is 0 Å². The minimum atomic E-state index is -0.566. The van der Waals surface area contributed by atoms with E-state index in [2.05, 4.69) is 23.8 Å². The lowest BCUT2D eigenvalue weighted by molar-refractivity contribution is -0.140. The lowest BCUT2D eigenvalue weighted by Crippen LogP contribution is -2.05. The van der Waals surface area contributed by atoms with Crippen LogP contribution in [-0.4, -0.2) is 35.5 Å². The average molecular weight is 350 g/mol. The molecule has 0 aliphatic rings. The van der Waals surface area contributed by atoms with E-state index in [1.807, 2.05) is 6.08 Å². The zero-order valence-electron chi connectivity index (χ0n) is 15.6. The molecule has 142 valence electrons. The number of carbonyl (C=O) groups excluding carboxylic acids is 1. The smallest absolute Gasteiger partial charge is 0.305 e. The lowest BCUT2D eigenvalue weighted by atomic mass is 10.1. The Balaban J connectivity index is 3.81. The topological polar surface area (TPSA) is 66.8 Å². The van der Waals surface area contributed by atoms with Gasteiger partial charge in [0.05, 0.1) is 19.3 Å². The van der Waals surface area contributed by atoms with Crippen molar-refractivity contribution in [2.45, 2.75) is 70.5 Å². The first-order valence-corrected chi connectivity index (χ1v) is 9.19. The second kappa shape index (κ2) is 17.2. The first kappa shape index (κ1) is 23.4. The molecule has 0 aromatic rings. The third-order valence-corrected chi connectivity index (χ3v) is 3.63. The fourth-order valence-electron chi connectivity index (χ4n) is 2.09. The lowest BCUT2D eigenvalue weighted by Gasteiger charge is -2.03. The maximum Gasteiger partial charge on any atom is 0.305 e. The fraction of sp³-hybridized carbons (Fsp3) is 0.571. The molecule has 0 aliphatic carbocycles. The number of methoxy groups -OCH3 is 1. The molecule has 0 rings (SSSR count). The van der Waals surface area contributed by atoms with E-state index in [0.717, 1.165) is 19.3 Å². The van der Waals surface area contributed by atoms with Crippen molar-refractivity contribution in [3.05, 3.63) is 48.6 Å². The van der Waals surface area contributed by atoms with Crippen LogP contribution in [0.1, 0.15) is 58.3 Å². The summed E-state index contributed by atoms with van der Waals surface area (Å²) in [6.07, 6.45) is 20.5. The van der Waals surface area contributed by atoms with Crippen molar-refractivity contribution in [1.29, 1.82) is 0 Å². The van der Waals surface area contributed by atoms with Crippen LogP contribution in [0.3, 0.4) is 0 Å². The van der Waals surface area contributed by atoms with Gasteiger partial charge in [-0.05, 0) is 32.1 Å². The van der Waals surface area contributed by atoms with Gasteiger partial charge in [0.15, 0.2) is 0 Å². The highest BCUT2D eigenvalue weighted by Gasteiger charge is 2.03. The number of allylic oxidation sites excluding steroid dienone is 6. The fourth-order valence-corrected chi connectivity index (χ4v) is 2.09. The molecule has 0 saturated carbocycles. The van der Waals surface area contributed by atoms with Crippen molar-refractivity contribution in [3.63, 3.8) is 0 Å². The average Bonchev–Trinajstić information content (AvgIpc) is 2.60. The highest BCUT2D eigenvalue weighted by Crippen LogP contribution is 2.04. The van der Waals surface area contributed by atoms with Gasteiger partial charge in [0.1, 0.15) is 0 Å². The van der Waals surface area contributed by atoms with Crippen LogP contribution in [0.25, 0.3) is 0 Å². The maximum absolute atomic E-state index is 10.9. The van der Waals surface area contributed by atoms with Crippen LogP contribution < -0.4 is 0 Å². The van der Waals surface area contributed by atoms with Crippen molar-refractivity contribution in [3.8, 4) is 0 Å². The van der Waals surface area contributed by atoms with E-state index in [1.54, 1.807) is 30.4 Å². The summed E-state index contributed by atoms with van der Waals surface area (Å²) in [6, 6.07) is 0. The van der Waals surface area contributed by atoms with Gasteiger partial charge < -0.3 is 14.9 Å². The monoisotopic (exact) mass is 350 g/mol. The highest BCUT2D eigenvalue weighted by molar-refractivity contribution is 5.68. The van der Waals surface area contributed by atoms with Crippen LogP contribution in [0.15, 0.2) is 48.6 Å². The van der Waals surface area contributed by atoms with Crippen LogP contribution in [0, 0.1) is 0 Å². The first-order valence-electron chi connectivity index (χ1n) is 9.19. The number of esters is 1. The number of carbonyl (C=O) groups is 1. The van der Waals surface area contributed by atoms with Crippen molar-refractivity contribution in [2.24, 2.45) is 0 Å². The van der Waals surface area contributed by atoms with Gasteiger partial charge in [-0.25, -0.2) is 0 Å². The van der Waals surface area contributed by atoms with E-state index >= 15 is 0 Å². The Labute approximate surface area is 152 Å². The minimum absolute atomic E-state index is 0.253. The second-order valence-corrected chi connectivity index (χ2v) is 5.95. The molecule has 4 heteroatoms. The molecule has 0 radical (unpaired) electrons. The molecule has 0 heterocycles. The summed E-state index contributed by atoms with van der Waals surface area (Å²) in [7, 11) is 1.36. The van der Waals surface area contributed by atoms with Gasteiger partial charge in [-0.3, -0.25) is 4.79 Å². The Kier molecular flexibility index (Phi) is 16.0. The largest absolute Gasteiger partial charge is 0.469 e. The third-order valence-electron chi connectivity index (χ3n) is 3.63. The van der Waals surface area contributed by atoms with Gasteiger partial charge in [-0.15, -0.1) is 0 Å². The summed E-state index contributed by atoms with van der Waals surface area (Å²) in [6.45, 7) is 2.18. The Morgan fingerprint density at radius 2 is 1.52 bits per heavy atom. The van der Waals surface area contributed by atoms with Crippen LogP contribution in [-0.2, 0) is 9.53 Å². The van der Waals surface area contributed by atoms with E-state index < -0.39 is 12.2 Å². The van der Waals surface area contributed by atoms with Crippen LogP contribution in [0.2, 0.25) is 0 Å². The number of unbranched alkanes of at least 4 members (excludes halogenated alkanes) is 2. The normalized spacial score (nSPS) is 14.9. The molecule has 2 unspecified atom stereocenters. The predicted molar refractivity (Wildman–Crippen MR) is 103 cm³/mol. The van der Waals surface area contributed by atoms with Crippen LogP contribution in [0.4, 0.5) is 0 Å². The third kappa shape index (κ3) is 17.0. The summed E-state index contributed by atoms with van der Waals surface area (Å²) in [5, 5.41) is 19.5. The molecule has 0 saturated heterocycles. The zero-order valence-corrected chi connectivity index (χ0v) is 15.6. The number of rotatable bonds is 14. The number of hydrogen-bond acceptors (Lipinski definition) is 4. The van der Waals surface area contributed by atoms with Gasteiger partial charge in [0, 0.05) is 6.42 Å². The zero-order chi connectivity index (χ0) is 18.8. The molecule has 0 aromatic carbocycles. The molecule has 2 N–H and O–H groups in total. The minimum Gasteiger partial charge on any atom is -0.469 e. The molecular formula is C21H34O4. The molecule has 25 heavy (non-hydrogen) atoms. The number of hydrogen-bond donors (Lipinski definition) is 2. The van der Waals surface area contributed by atoms with Crippen molar-refractivity contribution in [2.75, 3.05) is 7.11 Å². The second-order valence-electron chi connectivity index (χ2n) is 5.95. The molecule has 2 atom stereocenters. The van der Waals surface area contributed by atoms with Crippen molar-refractivity contribution < 1.29 is 19.7 Å². The van der Waals surface area contributed by atoms with Crippen molar-refractivity contribution in [1.82, 2.24) is 0 Å². The Morgan fingerprint density at radius 3 is 2.12 bits per heavy atom. The number of aliphatic hydroxyl groups is 2. The number of ether oxygens (including phenoxy) is 1. The van der Waals surface area contributed by atoms with Gasteiger partial charge in [0.25, 0.3) is 0 Å². The van der Waals surface area contributed by atoms with E-state index in [-0.39, 0.29) is 5.97 Å². The van der Waals surface area contributed by atoms with Gasteiger partial charge in [-0.2, -0.15) is 0 Å². The van der Waals surface area contributed by atoms with Gasteiger partial charge in [-0.1, -0.05) is 68.4 Å². The molecule has 0 bridgehead atoms. The molecule has 4 nitrogen and oxygen atoms in total. The molecule has 0 fully saturated rings. The summed E-state index contributed by atoms with van der Waals surface area (Å²) in [5.74, 6) is -0.253. The van der Waals surface area contributed by atoms with Crippen LogP contribution in [0.5, 0.6) is 0 Å². The maximum atomic E-state index is 10.9. The summed E-state index contributed by atoms with van der Waals surface area (Å²) in [5.41, 5.74) is 0. The Morgan fingerprint density at radius 1 is 0.920 bits per heavy atom. The van der Waals surface area contributed by atoms with Gasteiger partial charge >= 0.3 is 5.97 Å². The molecule has 0 aliphatic heterocycles. The molecule has 0 spiro atoms.